The first-order valence-corrected chi connectivity index (χ1v) is 15.1. The molecule has 0 heterocycles. The van der Waals surface area contributed by atoms with Gasteiger partial charge in [-0.3, -0.25) is 9.59 Å². The Kier molecular flexibility index (Phi) is 9.85. The normalized spacial score (nSPS) is 10.5. The number of hydrogen-bond acceptors (Lipinski definition) is 5. The van der Waals surface area contributed by atoms with Crippen LogP contribution < -0.4 is 24.8 Å². The van der Waals surface area contributed by atoms with E-state index < -0.39 is 0 Å². The Morgan fingerprint density at radius 3 is 1.06 bits per heavy atom. The molecular weight excluding hydrogens is 588 g/mol. The minimum Gasteiger partial charge on any atom is -0.484 e. The fourth-order valence-electron chi connectivity index (χ4n) is 4.79. The Balaban J connectivity index is 0.917. The summed E-state index contributed by atoms with van der Waals surface area (Å²) < 4.78 is 17.2. The second kappa shape index (κ2) is 15.1. The van der Waals surface area contributed by atoms with Crippen LogP contribution in [0, 0.1) is 0 Å². The summed E-state index contributed by atoms with van der Waals surface area (Å²) in [7, 11) is 0. The minimum absolute atomic E-state index is 0.111. The number of carbonyl (C=O) groups is 2. The van der Waals surface area contributed by atoms with Crippen LogP contribution in [0.2, 0.25) is 0 Å². The number of benzene rings is 6. The van der Waals surface area contributed by atoms with Crippen molar-refractivity contribution in [3.8, 4) is 45.3 Å². The van der Waals surface area contributed by atoms with Crippen LogP contribution >= 0.6 is 0 Å². The van der Waals surface area contributed by atoms with Crippen LogP contribution in [0.1, 0.15) is 0 Å². The molecule has 232 valence electrons. The van der Waals surface area contributed by atoms with E-state index in [1.807, 2.05) is 109 Å². The van der Waals surface area contributed by atoms with E-state index in [2.05, 4.69) is 10.6 Å². The molecule has 7 nitrogen and oxygen atoms in total. The summed E-state index contributed by atoms with van der Waals surface area (Å²) >= 11 is 0. The maximum atomic E-state index is 12.4. The number of nitrogens with one attached hydrogen (secondary N) is 2. The lowest BCUT2D eigenvalue weighted by Crippen LogP contribution is -2.20. The Morgan fingerprint density at radius 1 is 0.383 bits per heavy atom. The molecule has 2 N–H and O–H groups in total. The van der Waals surface area contributed by atoms with Crippen molar-refractivity contribution in [1.29, 1.82) is 0 Å². The summed E-state index contributed by atoms with van der Waals surface area (Å²) in [5, 5.41) is 5.65. The number of rotatable bonds is 12. The summed E-state index contributed by atoms with van der Waals surface area (Å²) in [6.07, 6.45) is 0. The zero-order valence-corrected chi connectivity index (χ0v) is 25.5. The molecule has 47 heavy (non-hydrogen) atoms. The first kappa shape index (κ1) is 30.7. The van der Waals surface area contributed by atoms with Gasteiger partial charge in [-0.05, 0) is 95.1 Å². The number of hydrogen-bond donors (Lipinski definition) is 2. The fraction of sp³-hybridized carbons (Fsp3) is 0.0500. The molecule has 6 rings (SSSR count). The van der Waals surface area contributed by atoms with Crippen molar-refractivity contribution in [2.45, 2.75) is 0 Å². The lowest BCUT2D eigenvalue weighted by molar-refractivity contribution is -0.118. The van der Waals surface area contributed by atoms with Gasteiger partial charge in [0.05, 0.1) is 0 Å². The molecule has 0 unspecified atom stereocenters. The molecule has 0 spiro atoms. The molecule has 0 bridgehead atoms. The second-order valence-electron chi connectivity index (χ2n) is 10.6. The molecule has 2 amide bonds. The van der Waals surface area contributed by atoms with Crippen molar-refractivity contribution in [2.24, 2.45) is 0 Å². The molecule has 0 aliphatic rings. The van der Waals surface area contributed by atoms with E-state index in [1.54, 1.807) is 48.5 Å². The van der Waals surface area contributed by atoms with Crippen LogP contribution in [0.3, 0.4) is 0 Å². The zero-order chi connectivity index (χ0) is 32.3. The van der Waals surface area contributed by atoms with Crippen LogP contribution in [0.4, 0.5) is 11.4 Å². The Labute approximate surface area is 273 Å². The van der Waals surface area contributed by atoms with Crippen LogP contribution in [-0.4, -0.2) is 25.0 Å². The number of amides is 2. The van der Waals surface area contributed by atoms with Crippen molar-refractivity contribution >= 4 is 23.2 Å². The van der Waals surface area contributed by atoms with E-state index in [-0.39, 0.29) is 25.0 Å². The molecule has 7 heteroatoms. The highest BCUT2D eigenvalue weighted by Gasteiger charge is 2.08. The maximum absolute atomic E-state index is 12.4. The van der Waals surface area contributed by atoms with E-state index in [0.717, 1.165) is 22.3 Å². The highest BCUT2D eigenvalue weighted by atomic mass is 16.5. The summed E-state index contributed by atoms with van der Waals surface area (Å²) in [4.78, 5) is 24.9. The average molecular weight is 621 g/mol. The maximum Gasteiger partial charge on any atom is 0.262 e. The van der Waals surface area contributed by atoms with Gasteiger partial charge in [0.2, 0.25) is 0 Å². The van der Waals surface area contributed by atoms with Gasteiger partial charge in [0.1, 0.15) is 23.0 Å². The first-order chi connectivity index (χ1) is 23.1. The highest BCUT2D eigenvalue weighted by molar-refractivity contribution is 5.92. The van der Waals surface area contributed by atoms with E-state index in [1.165, 1.54) is 0 Å². The van der Waals surface area contributed by atoms with Gasteiger partial charge in [-0.25, -0.2) is 0 Å². The average Bonchev–Trinajstić information content (AvgIpc) is 3.13. The quantitative estimate of drug-likeness (QED) is 0.143. The van der Waals surface area contributed by atoms with Crippen LogP contribution in [0.15, 0.2) is 158 Å². The standard InChI is InChI=1S/C40H32N2O5/c43-39(27-45-35-19-11-31(12-20-35)29-7-3-1-4-8-29)41-33-15-23-37(24-16-33)47-38-25-17-34(18-26-38)42-40(44)28-46-36-21-13-32(14-22-36)30-9-5-2-6-10-30/h1-26H,27-28H2,(H,41,43)(H,42,44). The summed E-state index contributed by atoms with van der Waals surface area (Å²) in [5.41, 5.74) is 5.64. The summed E-state index contributed by atoms with van der Waals surface area (Å²) in [6, 6.07) is 49.5. The third-order valence-corrected chi connectivity index (χ3v) is 7.17. The molecule has 0 atom stereocenters. The lowest BCUT2D eigenvalue weighted by Gasteiger charge is -2.11. The Bertz CT molecular complexity index is 1750. The molecule has 0 fully saturated rings. The van der Waals surface area contributed by atoms with Gasteiger partial charge in [0, 0.05) is 11.4 Å². The van der Waals surface area contributed by atoms with Crippen molar-refractivity contribution in [2.75, 3.05) is 23.8 Å². The summed E-state index contributed by atoms with van der Waals surface area (Å²) in [5.74, 6) is 1.90. The van der Waals surface area contributed by atoms with Crippen molar-refractivity contribution in [3.63, 3.8) is 0 Å². The van der Waals surface area contributed by atoms with E-state index in [9.17, 15) is 9.59 Å². The van der Waals surface area contributed by atoms with Gasteiger partial charge >= 0.3 is 0 Å². The number of ether oxygens (including phenoxy) is 3. The highest BCUT2D eigenvalue weighted by Crippen LogP contribution is 2.26. The minimum atomic E-state index is -0.269. The fourth-order valence-corrected chi connectivity index (χ4v) is 4.79. The summed E-state index contributed by atoms with van der Waals surface area (Å²) in [6.45, 7) is -0.223. The Morgan fingerprint density at radius 2 is 0.702 bits per heavy atom. The molecule has 6 aromatic carbocycles. The second-order valence-corrected chi connectivity index (χ2v) is 10.6. The van der Waals surface area contributed by atoms with Gasteiger partial charge in [0.15, 0.2) is 13.2 Å². The molecule has 0 saturated carbocycles. The molecule has 0 aliphatic carbocycles. The van der Waals surface area contributed by atoms with Gasteiger partial charge in [-0.1, -0.05) is 84.9 Å². The van der Waals surface area contributed by atoms with Gasteiger partial charge in [-0.15, -0.1) is 0 Å². The zero-order valence-electron chi connectivity index (χ0n) is 25.5. The molecule has 0 aromatic heterocycles. The third-order valence-electron chi connectivity index (χ3n) is 7.17. The van der Waals surface area contributed by atoms with Crippen molar-refractivity contribution in [3.05, 3.63) is 158 Å². The van der Waals surface area contributed by atoms with E-state index in [4.69, 9.17) is 14.2 Å². The molecule has 6 aromatic rings. The molecular formula is C40H32N2O5. The van der Waals surface area contributed by atoms with E-state index >= 15 is 0 Å². The topological polar surface area (TPSA) is 85.9 Å². The van der Waals surface area contributed by atoms with Crippen LogP contribution in [0.5, 0.6) is 23.0 Å². The molecule has 0 aliphatic heterocycles. The van der Waals surface area contributed by atoms with Gasteiger partial charge in [-0.2, -0.15) is 0 Å². The largest absolute Gasteiger partial charge is 0.484 e. The number of carbonyl (C=O) groups excluding carboxylic acids is 2. The van der Waals surface area contributed by atoms with Gasteiger partial charge in [0.25, 0.3) is 11.8 Å². The smallest absolute Gasteiger partial charge is 0.262 e. The molecule has 0 radical (unpaired) electrons. The predicted molar refractivity (Wildman–Crippen MR) is 185 cm³/mol. The predicted octanol–water partition coefficient (Wildman–Crippen LogP) is 8.85. The SMILES string of the molecule is O=C(COc1ccc(-c2ccccc2)cc1)Nc1ccc(Oc2ccc(NC(=O)COc3ccc(-c4ccccc4)cc3)cc2)cc1. The van der Waals surface area contributed by atoms with Crippen LogP contribution in [0.25, 0.3) is 22.3 Å². The monoisotopic (exact) mass is 620 g/mol. The van der Waals surface area contributed by atoms with Crippen molar-refractivity contribution in [1.82, 2.24) is 0 Å². The van der Waals surface area contributed by atoms with Gasteiger partial charge < -0.3 is 24.8 Å². The van der Waals surface area contributed by atoms with Crippen molar-refractivity contribution < 1.29 is 23.8 Å². The third kappa shape index (κ3) is 8.86. The van der Waals surface area contributed by atoms with Crippen LogP contribution in [-0.2, 0) is 9.59 Å². The Hall–Kier alpha value is -6.34. The lowest BCUT2D eigenvalue weighted by atomic mass is 10.1. The number of anilines is 2. The molecule has 0 saturated heterocycles. The van der Waals surface area contributed by atoms with E-state index in [0.29, 0.717) is 34.4 Å². The first-order valence-electron chi connectivity index (χ1n) is 15.1.